The largest absolute Gasteiger partial charge is 0.389 e. The van der Waals surface area contributed by atoms with Gasteiger partial charge in [0.25, 0.3) is 0 Å². The van der Waals surface area contributed by atoms with Crippen molar-refractivity contribution in [2.45, 2.75) is 45.8 Å². The van der Waals surface area contributed by atoms with Crippen molar-refractivity contribution < 1.29 is 14.4 Å². The van der Waals surface area contributed by atoms with Crippen LogP contribution in [0.2, 0.25) is 0 Å². The van der Waals surface area contributed by atoms with Crippen molar-refractivity contribution in [3.63, 3.8) is 0 Å². The standard InChI is InChI=1S/C19H22N4O3S/c1-12-15(13(2)24)9-8-14(21-12)11-20-17(25)6-3-7-18-22-19(23-26-18)16-5-4-10-27-16/h4-5,8-10,13,24H,3,6-7,11H2,1-2H3,(H,20,25). The SMILES string of the molecule is Cc1nc(CNC(=O)CCCc2nc(-c3cccs3)no2)ccc1C(C)O. The maximum Gasteiger partial charge on any atom is 0.226 e. The van der Waals surface area contributed by atoms with E-state index in [9.17, 15) is 9.90 Å². The Labute approximate surface area is 161 Å². The van der Waals surface area contributed by atoms with Crippen LogP contribution in [0.25, 0.3) is 10.7 Å². The molecule has 0 aliphatic carbocycles. The number of carbonyl (C=O) groups is 1. The van der Waals surface area contributed by atoms with E-state index in [1.807, 2.05) is 36.6 Å². The first-order valence-electron chi connectivity index (χ1n) is 8.80. The van der Waals surface area contributed by atoms with Gasteiger partial charge in [-0.15, -0.1) is 11.3 Å². The van der Waals surface area contributed by atoms with Crippen molar-refractivity contribution in [3.8, 4) is 10.7 Å². The molecule has 1 unspecified atom stereocenters. The van der Waals surface area contributed by atoms with Crippen LogP contribution in [0.1, 0.15) is 48.7 Å². The zero-order chi connectivity index (χ0) is 19.2. The van der Waals surface area contributed by atoms with Crippen LogP contribution in [-0.4, -0.2) is 26.1 Å². The molecule has 7 nitrogen and oxygen atoms in total. The minimum atomic E-state index is -0.550. The maximum atomic E-state index is 12.0. The molecule has 0 bridgehead atoms. The number of aliphatic hydroxyl groups is 1. The van der Waals surface area contributed by atoms with Gasteiger partial charge in [0.1, 0.15) is 0 Å². The summed E-state index contributed by atoms with van der Waals surface area (Å²) in [6.45, 7) is 3.92. The first kappa shape index (κ1) is 19.2. The molecule has 1 amide bonds. The molecule has 2 N–H and O–H groups in total. The summed E-state index contributed by atoms with van der Waals surface area (Å²) in [5.74, 6) is 1.08. The molecule has 8 heteroatoms. The predicted octanol–water partition coefficient (Wildman–Crippen LogP) is 3.19. The number of aliphatic hydroxyl groups excluding tert-OH is 1. The molecule has 3 aromatic rings. The zero-order valence-electron chi connectivity index (χ0n) is 15.3. The molecule has 3 heterocycles. The van der Waals surface area contributed by atoms with Gasteiger partial charge in [0.05, 0.1) is 23.2 Å². The normalized spacial score (nSPS) is 12.1. The third-order valence-electron chi connectivity index (χ3n) is 4.11. The number of nitrogens with one attached hydrogen (secondary N) is 1. The average Bonchev–Trinajstić information content (AvgIpc) is 3.31. The van der Waals surface area contributed by atoms with Gasteiger partial charge in [-0.05, 0) is 37.8 Å². The second kappa shape index (κ2) is 8.88. The fourth-order valence-corrected chi connectivity index (χ4v) is 3.35. The first-order chi connectivity index (χ1) is 13.0. The molecule has 0 fully saturated rings. The van der Waals surface area contributed by atoms with Crippen LogP contribution in [0.15, 0.2) is 34.2 Å². The van der Waals surface area contributed by atoms with E-state index in [1.54, 1.807) is 18.3 Å². The summed E-state index contributed by atoms with van der Waals surface area (Å²) in [7, 11) is 0. The van der Waals surface area contributed by atoms with Crippen molar-refractivity contribution in [3.05, 3.63) is 52.5 Å². The van der Waals surface area contributed by atoms with E-state index in [1.165, 1.54) is 0 Å². The molecular formula is C19H22N4O3S. The maximum absolute atomic E-state index is 12.0. The Hall–Kier alpha value is -2.58. The lowest BCUT2D eigenvalue weighted by Crippen LogP contribution is -2.23. The highest BCUT2D eigenvalue weighted by Gasteiger charge is 2.11. The number of aryl methyl sites for hydroxylation is 2. The molecule has 0 spiro atoms. The summed E-state index contributed by atoms with van der Waals surface area (Å²) in [6, 6.07) is 7.54. The van der Waals surface area contributed by atoms with E-state index in [0.717, 1.165) is 21.8 Å². The summed E-state index contributed by atoms with van der Waals surface area (Å²) in [6.07, 6.45) is 1.02. The fourth-order valence-electron chi connectivity index (χ4n) is 2.70. The zero-order valence-corrected chi connectivity index (χ0v) is 16.1. The molecular weight excluding hydrogens is 364 g/mol. The third kappa shape index (κ3) is 5.21. The van der Waals surface area contributed by atoms with Gasteiger partial charge < -0.3 is 14.9 Å². The highest BCUT2D eigenvalue weighted by Crippen LogP contribution is 2.21. The second-order valence-electron chi connectivity index (χ2n) is 6.27. The van der Waals surface area contributed by atoms with E-state index in [4.69, 9.17) is 4.52 Å². The quantitative estimate of drug-likeness (QED) is 0.616. The molecule has 0 saturated heterocycles. The van der Waals surface area contributed by atoms with Gasteiger partial charge in [-0.3, -0.25) is 9.78 Å². The Morgan fingerprint density at radius 3 is 2.89 bits per heavy atom. The topological polar surface area (TPSA) is 101 Å². The monoisotopic (exact) mass is 386 g/mol. The molecule has 0 aliphatic rings. The molecule has 0 aromatic carbocycles. The Balaban J connectivity index is 1.42. The van der Waals surface area contributed by atoms with Gasteiger partial charge in [-0.1, -0.05) is 17.3 Å². The van der Waals surface area contributed by atoms with Crippen LogP contribution >= 0.6 is 11.3 Å². The number of rotatable bonds is 8. The van der Waals surface area contributed by atoms with Gasteiger partial charge in [-0.2, -0.15) is 4.98 Å². The van der Waals surface area contributed by atoms with Crippen molar-refractivity contribution in [2.24, 2.45) is 0 Å². The highest BCUT2D eigenvalue weighted by molar-refractivity contribution is 7.13. The number of nitrogens with zero attached hydrogens (tertiary/aromatic N) is 3. The van der Waals surface area contributed by atoms with Crippen LogP contribution < -0.4 is 5.32 Å². The number of pyridine rings is 1. The van der Waals surface area contributed by atoms with Gasteiger partial charge in [0, 0.05) is 24.1 Å². The lowest BCUT2D eigenvalue weighted by Gasteiger charge is -2.10. The summed E-state index contributed by atoms with van der Waals surface area (Å²) >= 11 is 1.56. The smallest absolute Gasteiger partial charge is 0.226 e. The Bertz CT molecular complexity index is 890. The molecule has 3 rings (SSSR count). The van der Waals surface area contributed by atoms with Crippen LogP contribution in [0.4, 0.5) is 0 Å². The van der Waals surface area contributed by atoms with Crippen LogP contribution in [0.5, 0.6) is 0 Å². The van der Waals surface area contributed by atoms with Crippen LogP contribution in [-0.2, 0) is 17.8 Å². The first-order valence-corrected chi connectivity index (χ1v) is 9.68. The van der Waals surface area contributed by atoms with E-state index < -0.39 is 6.10 Å². The van der Waals surface area contributed by atoms with E-state index in [0.29, 0.717) is 37.5 Å². The Kier molecular flexibility index (Phi) is 6.31. The number of hydrogen-bond donors (Lipinski definition) is 2. The van der Waals surface area contributed by atoms with Crippen molar-refractivity contribution >= 4 is 17.2 Å². The number of thiophene rings is 1. The molecule has 0 saturated carbocycles. The van der Waals surface area contributed by atoms with Gasteiger partial charge in [-0.25, -0.2) is 0 Å². The number of amides is 1. The van der Waals surface area contributed by atoms with Crippen molar-refractivity contribution in [2.75, 3.05) is 0 Å². The molecule has 27 heavy (non-hydrogen) atoms. The lowest BCUT2D eigenvalue weighted by molar-refractivity contribution is -0.121. The minimum absolute atomic E-state index is 0.0490. The van der Waals surface area contributed by atoms with Gasteiger partial charge in [0.15, 0.2) is 0 Å². The predicted molar refractivity (Wildman–Crippen MR) is 102 cm³/mol. The summed E-state index contributed by atoms with van der Waals surface area (Å²) in [5.41, 5.74) is 2.34. The fraction of sp³-hybridized carbons (Fsp3) is 0.368. The van der Waals surface area contributed by atoms with Crippen LogP contribution in [0.3, 0.4) is 0 Å². The molecule has 0 aliphatic heterocycles. The summed E-state index contributed by atoms with van der Waals surface area (Å²) < 4.78 is 5.23. The molecule has 142 valence electrons. The highest BCUT2D eigenvalue weighted by atomic mass is 32.1. The number of hydrogen-bond acceptors (Lipinski definition) is 7. The van der Waals surface area contributed by atoms with E-state index in [2.05, 4.69) is 20.4 Å². The van der Waals surface area contributed by atoms with Crippen molar-refractivity contribution in [1.29, 1.82) is 0 Å². The van der Waals surface area contributed by atoms with Gasteiger partial charge >= 0.3 is 0 Å². The van der Waals surface area contributed by atoms with Crippen LogP contribution in [0, 0.1) is 6.92 Å². The lowest BCUT2D eigenvalue weighted by atomic mass is 10.1. The Morgan fingerprint density at radius 1 is 1.33 bits per heavy atom. The van der Waals surface area contributed by atoms with Crippen molar-refractivity contribution in [1.82, 2.24) is 20.4 Å². The number of carbonyl (C=O) groups excluding carboxylic acids is 1. The second-order valence-corrected chi connectivity index (χ2v) is 7.22. The van der Waals surface area contributed by atoms with Gasteiger partial charge in [0.2, 0.25) is 17.6 Å². The minimum Gasteiger partial charge on any atom is -0.389 e. The molecule has 0 radical (unpaired) electrons. The average molecular weight is 386 g/mol. The van der Waals surface area contributed by atoms with E-state index >= 15 is 0 Å². The molecule has 1 atom stereocenters. The summed E-state index contributed by atoms with van der Waals surface area (Å²) in [5, 5.41) is 18.4. The number of aromatic nitrogens is 3. The summed E-state index contributed by atoms with van der Waals surface area (Å²) in [4.78, 5) is 21.7. The molecule has 3 aromatic heterocycles. The van der Waals surface area contributed by atoms with E-state index in [-0.39, 0.29) is 5.91 Å². The third-order valence-corrected chi connectivity index (χ3v) is 4.97. The Morgan fingerprint density at radius 2 is 2.19 bits per heavy atom.